The Labute approximate surface area is 150 Å². The third kappa shape index (κ3) is 4.38. The Hall–Kier alpha value is -2.90. The molecular formula is C18H21FN4O3. The van der Waals surface area contributed by atoms with E-state index in [-0.39, 0.29) is 18.4 Å². The van der Waals surface area contributed by atoms with Crippen LogP contribution in [0.3, 0.4) is 0 Å². The van der Waals surface area contributed by atoms with Crippen LogP contribution in [0.1, 0.15) is 18.5 Å². The molecule has 1 atom stereocenters. The van der Waals surface area contributed by atoms with Gasteiger partial charge in [-0.1, -0.05) is 0 Å². The standard InChI is InChI=1S/C18H21FN4O3/c19-14-3-5-16(6-4-14)23-11-8-15(21-23)7-9-20-18(26)22-10-1-2-13(12-22)17(24)25/h3-6,8,11,13H,1-2,7,9-10,12H2,(H,20,26)(H,24,25). The van der Waals surface area contributed by atoms with Crippen molar-refractivity contribution in [3.8, 4) is 5.69 Å². The zero-order chi connectivity index (χ0) is 18.5. The van der Waals surface area contributed by atoms with Gasteiger partial charge in [-0.3, -0.25) is 4.79 Å². The van der Waals surface area contributed by atoms with Gasteiger partial charge in [-0.05, 0) is 43.2 Å². The molecule has 1 saturated heterocycles. The summed E-state index contributed by atoms with van der Waals surface area (Å²) in [6, 6.07) is 7.64. The quantitative estimate of drug-likeness (QED) is 0.854. The number of hydrogen-bond donors (Lipinski definition) is 2. The molecule has 1 aliphatic heterocycles. The summed E-state index contributed by atoms with van der Waals surface area (Å²) < 4.78 is 14.6. The van der Waals surface area contributed by atoms with Crippen LogP contribution in [0.2, 0.25) is 0 Å². The molecule has 8 heteroatoms. The fraction of sp³-hybridized carbons (Fsp3) is 0.389. The molecule has 2 aromatic rings. The van der Waals surface area contributed by atoms with Crippen LogP contribution in [0.4, 0.5) is 9.18 Å². The molecule has 0 bridgehead atoms. The number of rotatable bonds is 5. The summed E-state index contributed by atoms with van der Waals surface area (Å²) in [5, 5.41) is 16.3. The van der Waals surface area contributed by atoms with E-state index < -0.39 is 11.9 Å². The Morgan fingerprint density at radius 2 is 2.04 bits per heavy atom. The highest BCUT2D eigenvalue weighted by Crippen LogP contribution is 2.16. The molecule has 2 N–H and O–H groups in total. The zero-order valence-electron chi connectivity index (χ0n) is 14.3. The van der Waals surface area contributed by atoms with Crippen LogP contribution in [-0.2, 0) is 11.2 Å². The van der Waals surface area contributed by atoms with Crippen molar-refractivity contribution >= 4 is 12.0 Å². The van der Waals surface area contributed by atoms with Crippen LogP contribution in [0.15, 0.2) is 36.5 Å². The van der Waals surface area contributed by atoms with Crippen LogP contribution in [-0.4, -0.2) is 51.4 Å². The lowest BCUT2D eigenvalue weighted by Gasteiger charge is -2.30. The Morgan fingerprint density at radius 3 is 2.77 bits per heavy atom. The SMILES string of the molecule is O=C(O)C1CCCN(C(=O)NCCc2ccn(-c3ccc(F)cc3)n2)C1. The summed E-state index contributed by atoms with van der Waals surface area (Å²) in [5.41, 5.74) is 1.56. The van der Waals surface area contributed by atoms with Crippen molar-refractivity contribution in [1.29, 1.82) is 0 Å². The molecule has 0 aliphatic carbocycles. The normalized spacial score (nSPS) is 17.1. The lowest BCUT2D eigenvalue weighted by atomic mass is 9.99. The summed E-state index contributed by atoms with van der Waals surface area (Å²) in [6.45, 7) is 1.24. The number of aromatic nitrogens is 2. The second-order valence-electron chi connectivity index (χ2n) is 6.33. The first-order chi connectivity index (χ1) is 12.5. The molecule has 7 nitrogen and oxygen atoms in total. The monoisotopic (exact) mass is 360 g/mol. The molecular weight excluding hydrogens is 339 g/mol. The van der Waals surface area contributed by atoms with E-state index in [1.165, 1.54) is 12.1 Å². The van der Waals surface area contributed by atoms with Crippen LogP contribution in [0, 0.1) is 11.7 Å². The Balaban J connectivity index is 1.48. The minimum atomic E-state index is -0.853. The molecule has 1 unspecified atom stereocenters. The van der Waals surface area contributed by atoms with Gasteiger partial charge in [-0.25, -0.2) is 13.9 Å². The van der Waals surface area contributed by atoms with Crippen molar-refractivity contribution in [2.75, 3.05) is 19.6 Å². The smallest absolute Gasteiger partial charge is 0.317 e. The third-order valence-electron chi connectivity index (χ3n) is 4.45. The maximum atomic E-state index is 13.0. The van der Waals surface area contributed by atoms with E-state index in [2.05, 4.69) is 10.4 Å². The maximum Gasteiger partial charge on any atom is 0.317 e. The summed E-state index contributed by atoms with van der Waals surface area (Å²) in [7, 11) is 0. The molecule has 138 valence electrons. The van der Waals surface area contributed by atoms with Gasteiger partial charge in [0, 0.05) is 32.3 Å². The van der Waals surface area contributed by atoms with Gasteiger partial charge in [0.15, 0.2) is 0 Å². The fourth-order valence-corrected chi connectivity index (χ4v) is 3.01. The van der Waals surface area contributed by atoms with Crippen LogP contribution >= 0.6 is 0 Å². The van der Waals surface area contributed by atoms with Gasteiger partial charge in [0.2, 0.25) is 0 Å². The van der Waals surface area contributed by atoms with E-state index in [0.717, 1.165) is 11.4 Å². The molecule has 1 aliphatic rings. The van der Waals surface area contributed by atoms with Gasteiger partial charge in [0.1, 0.15) is 5.82 Å². The summed E-state index contributed by atoms with van der Waals surface area (Å²) in [6.07, 6.45) is 3.65. The van der Waals surface area contributed by atoms with Crippen molar-refractivity contribution in [3.05, 3.63) is 48.0 Å². The summed E-state index contributed by atoms with van der Waals surface area (Å²) in [5.74, 6) is -1.64. The van der Waals surface area contributed by atoms with E-state index >= 15 is 0 Å². The van der Waals surface area contributed by atoms with Crippen molar-refractivity contribution in [2.24, 2.45) is 5.92 Å². The number of aliphatic carboxylic acids is 1. The van der Waals surface area contributed by atoms with Gasteiger partial charge in [0.25, 0.3) is 0 Å². The number of urea groups is 1. The number of carboxylic acids is 1. The fourth-order valence-electron chi connectivity index (χ4n) is 3.01. The Kier molecular flexibility index (Phi) is 5.50. The largest absolute Gasteiger partial charge is 0.481 e. The predicted octanol–water partition coefficient (Wildman–Crippen LogP) is 2.06. The second kappa shape index (κ2) is 7.99. The van der Waals surface area contributed by atoms with Gasteiger partial charge >= 0.3 is 12.0 Å². The number of nitrogens with zero attached hydrogens (tertiary/aromatic N) is 3. The number of benzene rings is 1. The zero-order valence-corrected chi connectivity index (χ0v) is 14.3. The predicted molar refractivity (Wildman–Crippen MR) is 92.6 cm³/mol. The first kappa shape index (κ1) is 17.9. The summed E-state index contributed by atoms with van der Waals surface area (Å²) in [4.78, 5) is 24.8. The number of halogens is 1. The van der Waals surface area contributed by atoms with Gasteiger partial charge in [-0.2, -0.15) is 5.10 Å². The van der Waals surface area contributed by atoms with E-state index in [0.29, 0.717) is 32.4 Å². The highest BCUT2D eigenvalue weighted by atomic mass is 19.1. The highest BCUT2D eigenvalue weighted by Gasteiger charge is 2.27. The molecule has 2 amide bonds. The molecule has 2 heterocycles. The van der Waals surface area contributed by atoms with Crippen molar-refractivity contribution < 1.29 is 19.1 Å². The lowest BCUT2D eigenvalue weighted by molar-refractivity contribution is -0.143. The van der Waals surface area contributed by atoms with Gasteiger partial charge < -0.3 is 15.3 Å². The number of carboxylic acid groups (broad SMARTS) is 1. The van der Waals surface area contributed by atoms with Crippen LogP contribution in [0.5, 0.6) is 0 Å². The molecule has 0 radical (unpaired) electrons. The minimum Gasteiger partial charge on any atom is -0.481 e. The number of carbonyl (C=O) groups is 2. The molecule has 3 rings (SSSR count). The van der Waals surface area contributed by atoms with E-state index in [9.17, 15) is 14.0 Å². The summed E-state index contributed by atoms with van der Waals surface area (Å²) >= 11 is 0. The Morgan fingerprint density at radius 1 is 1.27 bits per heavy atom. The number of piperidine rings is 1. The molecule has 0 spiro atoms. The van der Waals surface area contributed by atoms with Crippen molar-refractivity contribution in [2.45, 2.75) is 19.3 Å². The lowest BCUT2D eigenvalue weighted by Crippen LogP contribution is -2.47. The highest BCUT2D eigenvalue weighted by molar-refractivity contribution is 5.76. The number of nitrogens with one attached hydrogen (secondary N) is 1. The molecule has 26 heavy (non-hydrogen) atoms. The Bertz CT molecular complexity index is 775. The topological polar surface area (TPSA) is 87.5 Å². The number of amides is 2. The number of carbonyl (C=O) groups excluding carboxylic acids is 1. The number of likely N-dealkylation sites (tertiary alicyclic amines) is 1. The molecule has 1 aromatic heterocycles. The average molecular weight is 360 g/mol. The van der Waals surface area contributed by atoms with E-state index in [4.69, 9.17) is 5.11 Å². The third-order valence-corrected chi connectivity index (χ3v) is 4.45. The molecule has 1 aromatic carbocycles. The van der Waals surface area contributed by atoms with E-state index in [1.807, 2.05) is 6.07 Å². The van der Waals surface area contributed by atoms with Crippen molar-refractivity contribution in [1.82, 2.24) is 20.0 Å². The van der Waals surface area contributed by atoms with E-state index in [1.54, 1.807) is 27.9 Å². The minimum absolute atomic E-state index is 0.242. The first-order valence-corrected chi connectivity index (χ1v) is 8.59. The first-order valence-electron chi connectivity index (χ1n) is 8.59. The van der Waals surface area contributed by atoms with Crippen LogP contribution < -0.4 is 5.32 Å². The molecule has 0 saturated carbocycles. The second-order valence-corrected chi connectivity index (χ2v) is 6.33. The van der Waals surface area contributed by atoms with Gasteiger partial charge in [-0.15, -0.1) is 0 Å². The maximum absolute atomic E-state index is 13.0. The van der Waals surface area contributed by atoms with Crippen LogP contribution in [0.25, 0.3) is 5.69 Å². The van der Waals surface area contributed by atoms with Gasteiger partial charge in [0.05, 0.1) is 17.3 Å². The number of hydrogen-bond acceptors (Lipinski definition) is 3. The van der Waals surface area contributed by atoms with Crippen molar-refractivity contribution in [3.63, 3.8) is 0 Å². The molecule has 1 fully saturated rings. The average Bonchev–Trinajstić information content (AvgIpc) is 3.11.